The van der Waals surface area contributed by atoms with E-state index in [1.807, 2.05) is 0 Å². The summed E-state index contributed by atoms with van der Waals surface area (Å²) < 4.78 is 25.3. The van der Waals surface area contributed by atoms with Crippen molar-refractivity contribution < 1.29 is 18.3 Å². The Labute approximate surface area is 102 Å². The number of aromatic nitrogens is 2. The van der Waals surface area contributed by atoms with Gasteiger partial charge in [-0.1, -0.05) is 11.3 Å². The number of amides is 1. The Morgan fingerprint density at radius 1 is 1.53 bits per heavy atom. The summed E-state index contributed by atoms with van der Waals surface area (Å²) in [5.74, 6) is -0.359. The minimum atomic E-state index is -3.80. The summed E-state index contributed by atoms with van der Waals surface area (Å²) in [5, 5.41) is 18.1. The SMILES string of the molecule is CC(=O)Nc1nnc(S(=O)(=O)N[C@@H](C)CO)s1. The highest BCUT2D eigenvalue weighted by molar-refractivity contribution is 7.91. The lowest BCUT2D eigenvalue weighted by molar-refractivity contribution is -0.114. The van der Waals surface area contributed by atoms with Crippen molar-refractivity contribution in [2.24, 2.45) is 0 Å². The number of aliphatic hydroxyl groups excluding tert-OH is 1. The van der Waals surface area contributed by atoms with E-state index < -0.39 is 16.1 Å². The molecule has 10 heteroatoms. The topological polar surface area (TPSA) is 121 Å². The van der Waals surface area contributed by atoms with Gasteiger partial charge < -0.3 is 10.4 Å². The lowest BCUT2D eigenvalue weighted by atomic mass is 10.4. The van der Waals surface area contributed by atoms with Gasteiger partial charge in [0.1, 0.15) is 0 Å². The Bertz CT molecular complexity index is 498. The summed E-state index contributed by atoms with van der Waals surface area (Å²) >= 11 is 0.734. The fraction of sp³-hybridized carbons (Fsp3) is 0.571. The van der Waals surface area contributed by atoms with Gasteiger partial charge in [0.25, 0.3) is 10.0 Å². The number of aliphatic hydroxyl groups is 1. The molecule has 0 bridgehead atoms. The van der Waals surface area contributed by atoms with Crippen LogP contribution in [0, 0.1) is 0 Å². The second-order valence-electron chi connectivity index (χ2n) is 3.26. The van der Waals surface area contributed by atoms with Crippen LogP contribution in [-0.2, 0) is 14.8 Å². The first-order chi connectivity index (χ1) is 7.85. The van der Waals surface area contributed by atoms with Crippen LogP contribution in [0.1, 0.15) is 13.8 Å². The Balaban J connectivity index is 2.85. The molecule has 1 rings (SSSR count). The number of anilines is 1. The third-order valence-electron chi connectivity index (χ3n) is 1.55. The summed E-state index contributed by atoms with van der Waals surface area (Å²) in [6.45, 7) is 2.46. The minimum absolute atomic E-state index is 0.106. The largest absolute Gasteiger partial charge is 0.395 e. The summed E-state index contributed by atoms with van der Waals surface area (Å²) in [6.07, 6.45) is 0. The van der Waals surface area contributed by atoms with Gasteiger partial charge in [-0.2, -0.15) is 0 Å². The molecule has 8 nitrogen and oxygen atoms in total. The zero-order chi connectivity index (χ0) is 13.1. The van der Waals surface area contributed by atoms with E-state index in [1.54, 1.807) is 0 Å². The summed E-state index contributed by atoms with van der Waals surface area (Å²) in [6, 6.07) is -0.617. The van der Waals surface area contributed by atoms with Crippen LogP contribution in [-0.4, -0.2) is 42.3 Å². The number of nitrogens with zero attached hydrogens (tertiary/aromatic N) is 2. The molecule has 1 aromatic rings. The van der Waals surface area contributed by atoms with Crippen molar-refractivity contribution in [1.82, 2.24) is 14.9 Å². The molecule has 0 fully saturated rings. The van der Waals surface area contributed by atoms with Crippen LogP contribution in [0.2, 0.25) is 0 Å². The van der Waals surface area contributed by atoms with Crippen LogP contribution < -0.4 is 10.0 Å². The Morgan fingerprint density at radius 2 is 2.18 bits per heavy atom. The first-order valence-corrected chi connectivity index (χ1v) is 6.89. The van der Waals surface area contributed by atoms with Crippen LogP contribution in [0.25, 0.3) is 0 Å². The van der Waals surface area contributed by atoms with Crippen molar-refractivity contribution in [3.05, 3.63) is 0 Å². The van der Waals surface area contributed by atoms with Crippen molar-refractivity contribution in [1.29, 1.82) is 0 Å². The van der Waals surface area contributed by atoms with Crippen LogP contribution >= 0.6 is 11.3 Å². The molecular formula is C7H12N4O4S2. The van der Waals surface area contributed by atoms with Gasteiger partial charge in [-0.25, -0.2) is 13.1 Å². The number of rotatable bonds is 5. The van der Waals surface area contributed by atoms with Gasteiger partial charge in [0.15, 0.2) is 0 Å². The minimum Gasteiger partial charge on any atom is -0.395 e. The smallest absolute Gasteiger partial charge is 0.270 e. The Kier molecular flexibility index (Phi) is 4.51. The predicted octanol–water partition coefficient (Wildman–Crippen LogP) is -0.844. The number of hydrogen-bond acceptors (Lipinski definition) is 7. The quantitative estimate of drug-likeness (QED) is 0.604. The molecule has 0 aliphatic heterocycles. The average Bonchev–Trinajstić information content (AvgIpc) is 2.65. The molecule has 1 heterocycles. The average molecular weight is 280 g/mol. The number of nitrogens with one attached hydrogen (secondary N) is 2. The highest BCUT2D eigenvalue weighted by Crippen LogP contribution is 2.19. The van der Waals surface area contributed by atoms with E-state index >= 15 is 0 Å². The van der Waals surface area contributed by atoms with E-state index in [0.717, 1.165) is 11.3 Å². The molecule has 3 N–H and O–H groups in total. The molecular weight excluding hydrogens is 268 g/mol. The molecule has 17 heavy (non-hydrogen) atoms. The third kappa shape index (κ3) is 4.00. The molecule has 0 radical (unpaired) electrons. The van der Waals surface area contributed by atoms with Crippen molar-refractivity contribution in [2.75, 3.05) is 11.9 Å². The molecule has 0 spiro atoms. The zero-order valence-corrected chi connectivity index (χ0v) is 10.8. The van der Waals surface area contributed by atoms with E-state index in [-0.39, 0.29) is 22.0 Å². The molecule has 0 aliphatic carbocycles. The molecule has 0 aliphatic rings. The van der Waals surface area contributed by atoms with Gasteiger partial charge in [0.05, 0.1) is 6.61 Å². The maximum Gasteiger partial charge on any atom is 0.270 e. The van der Waals surface area contributed by atoms with Gasteiger partial charge in [-0.3, -0.25) is 4.79 Å². The Hall–Kier alpha value is -1.10. The van der Waals surface area contributed by atoms with Crippen molar-refractivity contribution in [2.45, 2.75) is 24.2 Å². The molecule has 1 amide bonds. The van der Waals surface area contributed by atoms with Crippen LogP contribution in [0.15, 0.2) is 4.34 Å². The van der Waals surface area contributed by atoms with Gasteiger partial charge in [-0.05, 0) is 6.92 Å². The highest BCUT2D eigenvalue weighted by atomic mass is 32.2. The van der Waals surface area contributed by atoms with Crippen LogP contribution in [0.4, 0.5) is 5.13 Å². The predicted molar refractivity (Wildman–Crippen MR) is 61.1 cm³/mol. The molecule has 96 valence electrons. The molecule has 1 aromatic heterocycles. The van der Waals surface area contributed by atoms with Crippen molar-refractivity contribution in [3.8, 4) is 0 Å². The second kappa shape index (κ2) is 5.49. The summed E-state index contributed by atoms with van der Waals surface area (Å²) in [5.41, 5.74) is 0. The van der Waals surface area contributed by atoms with Gasteiger partial charge in [0.2, 0.25) is 15.4 Å². The van der Waals surface area contributed by atoms with Crippen molar-refractivity contribution >= 4 is 32.4 Å². The highest BCUT2D eigenvalue weighted by Gasteiger charge is 2.22. The van der Waals surface area contributed by atoms with Crippen LogP contribution in [0.5, 0.6) is 0 Å². The first-order valence-electron chi connectivity index (χ1n) is 4.59. The standard InChI is InChI=1S/C7H12N4O4S2/c1-4(3-12)11-17(14,15)7-10-9-6(16-7)8-5(2)13/h4,11-12H,3H2,1-2H3,(H,8,9,13)/t4-/m0/s1. The molecule has 1 atom stereocenters. The monoisotopic (exact) mass is 280 g/mol. The number of hydrogen-bond donors (Lipinski definition) is 3. The molecule has 0 saturated heterocycles. The lowest BCUT2D eigenvalue weighted by Crippen LogP contribution is -2.34. The van der Waals surface area contributed by atoms with Gasteiger partial charge >= 0.3 is 0 Å². The molecule has 0 unspecified atom stereocenters. The maximum atomic E-state index is 11.7. The van der Waals surface area contributed by atoms with Gasteiger partial charge in [-0.15, -0.1) is 10.2 Å². The van der Waals surface area contributed by atoms with E-state index in [0.29, 0.717) is 0 Å². The number of carbonyl (C=O) groups excluding carboxylic acids is 1. The zero-order valence-electron chi connectivity index (χ0n) is 9.17. The molecule has 0 saturated carbocycles. The van der Waals surface area contributed by atoms with Crippen molar-refractivity contribution in [3.63, 3.8) is 0 Å². The number of sulfonamides is 1. The van der Waals surface area contributed by atoms with Gasteiger partial charge in [0, 0.05) is 13.0 Å². The fourth-order valence-electron chi connectivity index (χ4n) is 0.872. The van der Waals surface area contributed by atoms with Crippen LogP contribution in [0.3, 0.4) is 0 Å². The third-order valence-corrected chi connectivity index (χ3v) is 4.35. The normalized spacial score (nSPS) is 13.4. The van der Waals surface area contributed by atoms with E-state index in [9.17, 15) is 13.2 Å². The number of carbonyl (C=O) groups is 1. The summed E-state index contributed by atoms with van der Waals surface area (Å²) in [4.78, 5) is 10.7. The van der Waals surface area contributed by atoms with E-state index in [4.69, 9.17) is 5.11 Å². The Morgan fingerprint density at radius 3 is 2.71 bits per heavy atom. The fourth-order valence-corrected chi connectivity index (χ4v) is 3.07. The summed E-state index contributed by atoms with van der Waals surface area (Å²) in [7, 11) is -3.80. The van der Waals surface area contributed by atoms with E-state index in [1.165, 1.54) is 13.8 Å². The van der Waals surface area contributed by atoms with E-state index in [2.05, 4.69) is 20.2 Å². The second-order valence-corrected chi connectivity index (χ2v) is 6.12. The molecule has 0 aromatic carbocycles. The lowest BCUT2D eigenvalue weighted by Gasteiger charge is -2.08. The maximum absolute atomic E-state index is 11.7. The first kappa shape index (κ1) is 14.0.